The van der Waals surface area contributed by atoms with Gasteiger partial charge in [-0.05, 0) is 172 Å². The van der Waals surface area contributed by atoms with Crippen molar-refractivity contribution in [1.82, 2.24) is 9.80 Å². The summed E-state index contributed by atoms with van der Waals surface area (Å²) < 4.78 is 53.7. The second-order valence-electron chi connectivity index (χ2n) is 19.1. The number of rotatable bonds is 11. The van der Waals surface area contributed by atoms with Crippen LogP contribution in [0.2, 0.25) is 0 Å². The Bertz CT molecular complexity index is 1520. The molecule has 0 spiro atoms. The third-order valence-corrected chi connectivity index (χ3v) is 16.7. The lowest BCUT2D eigenvalue weighted by Crippen LogP contribution is -2.61. The van der Waals surface area contributed by atoms with Crippen LogP contribution in [0.3, 0.4) is 0 Å². The van der Waals surface area contributed by atoms with Crippen molar-refractivity contribution in [2.45, 2.75) is 202 Å². The number of hydrogen-bond donors (Lipinski definition) is 4. The molecule has 4 fully saturated rings. The van der Waals surface area contributed by atoms with E-state index in [0.29, 0.717) is 13.1 Å². The topological polar surface area (TPSA) is 161 Å². The van der Waals surface area contributed by atoms with Crippen molar-refractivity contribution in [3.63, 3.8) is 0 Å². The molecule has 0 aromatic rings. The molecule has 18 heteroatoms. The maximum Gasteiger partial charge on any atom is 0.164 e. The third kappa shape index (κ3) is 9.42. The van der Waals surface area contributed by atoms with E-state index in [1.54, 1.807) is 0 Å². The maximum absolute atomic E-state index is 12.0. The van der Waals surface area contributed by atoms with E-state index in [2.05, 4.69) is 124 Å². The summed E-state index contributed by atoms with van der Waals surface area (Å²) in [6.45, 7) is 16.1. The lowest BCUT2D eigenvalue weighted by atomic mass is 9.87. The van der Waals surface area contributed by atoms with Gasteiger partial charge in [-0.2, -0.15) is 0 Å². The lowest BCUT2D eigenvalue weighted by molar-refractivity contribution is -0.162. The summed E-state index contributed by atoms with van der Waals surface area (Å²) in [7, 11) is 0. The van der Waals surface area contributed by atoms with Gasteiger partial charge in [0.25, 0.3) is 0 Å². The molecule has 16 atom stereocenters. The summed E-state index contributed by atoms with van der Waals surface area (Å²) >= 11 is 9.19. The molecule has 338 valence electrons. The van der Waals surface area contributed by atoms with E-state index in [0.717, 1.165) is 40.0 Å². The highest BCUT2D eigenvalue weighted by Crippen LogP contribution is 2.47. The monoisotopic (exact) mass is 1290 g/mol. The second-order valence-corrected chi connectivity index (χ2v) is 24.1. The molecule has 0 aromatic heterocycles. The number of aliphatic hydroxyl groups is 4. The van der Waals surface area contributed by atoms with Gasteiger partial charge < -0.3 is 58.3 Å². The van der Waals surface area contributed by atoms with Crippen LogP contribution < -0.4 is 0 Å². The molecular weight excluding hydrogens is 1230 g/mol. The molecule has 4 aliphatic heterocycles. The first-order valence-electron chi connectivity index (χ1n) is 21.1. The van der Waals surface area contributed by atoms with E-state index in [4.69, 9.17) is 37.9 Å². The third-order valence-electron chi connectivity index (χ3n) is 12.8. The summed E-state index contributed by atoms with van der Waals surface area (Å²) in [5.41, 5.74) is 0. The lowest BCUT2D eigenvalue weighted by Gasteiger charge is -2.46. The summed E-state index contributed by atoms with van der Waals surface area (Å²) in [6, 6.07) is -1.80. The van der Waals surface area contributed by atoms with Gasteiger partial charge in [0.2, 0.25) is 0 Å². The van der Waals surface area contributed by atoms with Crippen molar-refractivity contribution < 1.29 is 58.3 Å². The van der Waals surface area contributed by atoms with Crippen molar-refractivity contribution >= 4 is 90.4 Å². The van der Waals surface area contributed by atoms with E-state index >= 15 is 0 Å². The summed E-state index contributed by atoms with van der Waals surface area (Å²) in [5, 5.41) is 47.9. The highest BCUT2D eigenvalue weighted by molar-refractivity contribution is 14.1. The van der Waals surface area contributed by atoms with Crippen LogP contribution in [0.5, 0.6) is 0 Å². The first-order chi connectivity index (χ1) is 28.0. The number of ether oxygens (including phenoxy) is 8. The van der Waals surface area contributed by atoms with Crippen LogP contribution >= 0.6 is 90.4 Å². The Hall–Kier alpha value is 1.32. The summed E-state index contributed by atoms with van der Waals surface area (Å²) in [4.78, 5) is 4.41. The molecule has 0 saturated carbocycles. The average Bonchev–Trinajstić information content (AvgIpc) is 3.88. The molecule has 14 nitrogen and oxygen atoms in total. The highest BCUT2D eigenvalue weighted by atomic mass is 127. The van der Waals surface area contributed by atoms with Gasteiger partial charge in [0.15, 0.2) is 23.1 Å². The van der Waals surface area contributed by atoms with Crippen LogP contribution in [0.4, 0.5) is 0 Å². The Morgan fingerprint density at radius 3 is 0.833 bits per heavy atom. The zero-order valence-electron chi connectivity index (χ0n) is 35.3. The number of nitrogens with zero attached hydrogens (tertiary/aromatic N) is 2. The Morgan fingerprint density at radius 2 is 0.617 bits per heavy atom. The molecule has 4 N–H and O–H groups in total. The molecule has 4 aliphatic carbocycles. The molecule has 4 saturated heterocycles. The predicted molar refractivity (Wildman–Crippen MR) is 255 cm³/mol. The predicted octanol–water partition coefficient (Wildman–Crippen LogP) is 5.48. The van der Waals surface area contributed by atoms with Crippen LogP contribution in [0, 0.1) is 0 Å². The van der Waals surface area contributed by atoms with Gasteiger partial charge in [-0.1, -0.05) is 37.1 Å². The van der Waals surface area contributed by atoms with E-state index in [-0.39, 0.29) is 24.4 Å². The Morgan fingerprint density at radius 1 is 0.400 bits per heavy atom. The zero-order valence-corrected chi connectivity index (χ0v) is 43.9. The largest absolute Gasteiger partial charge is 0.388 e. The normalized spacial score (nSPS) is 44.8. The van der Waals surface area contributed by atoms with Gasteiger partial charge in [-0.3, -0.25) is 9.80 Å². The Kier molecular flexibility index (Phi) is 14.1. The van der Waals surface area contributed by atoms with E-state index < -0.39 is 96.1 Å². The van der Waals surface area contributed by atoms with E-state index in [1.165, 1.54) is 0 Å². The average molecular weight is 1290 g/mol. The minimum Gasteiger partial charge on any atom is -0.388 e. The van der Waals surface area contributed by atoms with Gasteiger partial charge in [0.1, 0.15) is 73.2 Å². The number of unbranched alkanes of at least 4 members (excludes halogenated alkanes) is 3. The van der Waals surface area contributed by atoms with Crippen LogP contribution in [-0.2, 0) is 37.9 Å². The number of fused-ring (bicyclic) bond motifs is 4. The molecule has 0 aromatic carbocycles. The fourth-order valence-corrected chi connectivity index (χ4v) is 13.7. The van der Waals surface area contributed by atoms with Crippen molar-refractivity contribution in [2.75, 3.05) is 13.1 Å². The Labute approximate surface area is 408 Å². The first-order valence-corrected chi connectivity index (χ1v) is 25.4. The summed E-state index contributed by atoms with van der Waals surface area (Å²) in [6.07, 6.45) is 4.30. The fraction of sp³-hybridized carbons (Fsp3) is 0.810. The highest BCUT2D eigenvalue weighted by Gasteiger charge is 2.57. The smallest absolute Gasteiger partial charge is 0.164 e. The Balaban J connectivity index is 0.995. The summed E-state index contributed by atoms with van der Waals surface area (Å²) in [5.74, 6) is -3.34. The fourth-order valence-electron chi connectivity index (χ4n) is 10.3. The van der Waals surface area contributed by atoms with Gasteiger partial charge in [0, 0.05) is 14.3 Å². The SMILES string of the molecule is CC1(C)O[C@H]2[C@H](O)[C@@H](N(CCCCCCN([C@H]3C=C(I)[C@H]4OC(C)(C)O[C@H]4[C@@H]3O)[C@H]3C=C(I)[C@H]4OC(C)(C)O[C@H]4[C@@H]3O)[C@H]3C=C(I)[C@H]4OC(C)(C)O[C@H]4[C@@H]3O)C=C(I)[C@H]2O1. The van der Waals surface area contributed by atoms with Crippen LogP contribution in [-0.4, -0.2) is 164 Å². The number of hydrogen-bond acceptors (Lipinski definition) is 14. The van der Waals surface area contributed by atoms with E-state index in [9.17, 15) is 20.4 Å². The first kappa shape index (κ1) is 47.8. The maximum atomic E-state index is 12.0. The van der Waals surface area contributed by atoms with Crippen molar-refractivity contribution in [2.24, 2.45) is 0 Å². The molecular formula is C42H60I4N2O12. The van der Waals surface area contributed by atoms with Gasteiger partial charge >= 0.3 is 0 Å². The quantitative estimate of drug-likeness (QED) is 0.152. The van der Waals surface area contributed by atoms with E-state index in [1.807, 2.05) is 55.4 Å². The molecule has 0 amide bonds. The van der Waals surface area contributed by atoms with Gasteiger partial charge in [-0.25, -0.2) is 0 Å². The van der Waals surface area contributed by atoms with Crippen LogP contribution in [0.15, 0.2) is 38.6 Å². The van der Waals surface area contributed by atoms with Gasteiger partial charge in [0.05, 0.1) is 24.2 Å². The zero-order chi connectivity index (χ0) is 43.4. The molecule has 0 radical (unpaired) electrons. The van der Waals surface area contributed by atoms with Crippen LogP contribution in [0.1, 0.15) is 81.1 Å². The van der Waals surface area contributed by atoms with Crippen molar-refractivity contribution in [1.29, 1.82) is 0 Å². The van der Waals surface area contributed by atoms with Crippen LogP contribution in [0.25, 0.3) is 0 Å². The molecule has 8 aliphatic rings. The number of halogens is 4. The molecule has 0 bridgehead atoms. The molecule has 60 heavy (non-hydrogen) atoms. The second kappa shape index (κ2) is 17.8. The van der Waals surface area contributed by atoms with Crippen molar-refractivity contribution in [3.8, 4) is 0 Å². The van der Waals surface area contributed by atoms with Gasteiger partial charge in [-0.15, -0.1) is 0 Å². The minimum atomic E-state index is -0.897. The molecule has 4 heterocycles. The molecule has 0 unspecified atom stereocenters. The number of aliphatic hydroxyl groups excluding tert-OH is 4. The molecule has 8 rings (SSSR count). The standard InChI is InChI=1S/C42H60I4N2O12/c1-39(2)53-31-19(43)15-23(27(49)35(31)57-39)47(24-16-20(44)32-36(28(24)50)58-40(3,4)54-32)13-11-9-10-12-14-48(25-17-21(45)33-37(29(25)51)59-41(5,6)55-33)26-18-22(46)34-38(30(26)52)60-42(7,8)56-34/h15-18,23-38,49-52H,9-14H2,1-8H3/t23-,24-,25-,26-,27+,28+,29+,30+,31+,32+,33+,34+,35-,36-,37-,38-/m0/s1. The minimum absolute atomic E-state index is 0.364. The van der Waals surface area contributed by atoms with Crippen molar-refractivity contribution in [3.05, 3.63) is 38.6 Å².